The van der Waals surface area contributed by atoms with E-state index in [1.54, 1.807) is 31.2 Å². The van der Waals surface area contributed by atoms with Crippen molar-refractivity contribution in [2.24, 2.45) is 0 Å². The quantitative estimate of drug-likeness (QED) is 0.846. The van der Waals surface area contributed by atoms with E-state index in [1.165, 1.54) is 19.2 Å². The summed E-state index contributed by atoms with van der Waals surface area (Å²) in [5.74, 6) is 0.233. The van der Waals surface area contributed by atoms with Gasteiger partial charge < -0.3 is 10.5 Å². The molecule has 0 bridgehead atoms. The van der Waals surface area contributed by atoms with E-state index in [4.69, 9.17) is 22.1 Å². The normalized spacial score (nSPS) is 11.2. The van der Waals surface area contributed by atoms with Crippen LogP contribution in [-0.2, 0) is 10.0 Å². The standard InChI is InChI=1S/C14H15ClN2O3S/c1-9-6-13(20-2)14(8-12(9)16)21(18,19)17-11-5-3-4-10(15)7-11/h3-8,17H,16H2,1-2H3. The second-order valence-corrected chi connectivity index (χ2v) is 6.56. The number of hydrogen-bond acceptors (Lipinski definition) is 4. The van der Waals surface area contributed by atoms with Gasteiger partial charge in [0.1, 0.15) is 10.6 Å². The molecule has 0 aliphatic heterocycles. The Kier molecular flexibility index (Phi) is 4.29. The summed E-state index contributed by atoms with van der Waals surface area (Å²) in [6, 6.07) is 9.39. The molecule has 0 aromatic heterocycles. The Balaban J connectivity index is 2.47. The third-order valence-corrected chi connectivity index (χ3v) is 4.56. The van der Waals surface area contributed by atoms with Crippen LogP contribution >= 0.6 is 11.6 Å². The number of anilines is 2. The first-order chi connectivity index (χ1) is 9.83. The summed E-state index contributed by atoms with van der Waals surface area (Å²) in [6.07, 6.45) is 0. The van der Waals surface area contributed by atoms with Crippen LogP contribution in [0.5, 0.6) is 5.75 Å². The topological polar surface area (TPSA) is 81.4 Å². The number of benzene rings is 2. The lowest BCUT2D eigenvalue weighted by atomic mass is 10.2. The summed E-state index contributed by atoms with van der Waals surface area (Å²) in [4.78, 5) is -0.0203. The number of aryl methyl sites for hydroxylation is 1. The largest absolute Gasteiger partial charge is 0.495 e. The maximum atomic E-state index is 12.5. The smallest absolute Gasteiger partial charge is 0.265 e. The van der Waals surface area contributed by atoms with Crippen LogP contribution in [0.2, 0.25) is 5.02 Å². The van der Waals surface area contributed by atoms with Gasteiger partial charge in [0.2, 0.25) is 0 Å². The Hall–Kier alpha value is -1.92. The first kappa shape index (κ1) is 15.5. The van der Waals surface area contributed by atoms with Crippen LogP contribution < -0.4 is 15.2 Å². The van der Waals surface area contributed by atoms with Crippen LogP contribution in [0, 0.1) is 6.92 Å². The van der Waals surface area contributed by atoms with Crippen molar-refractivity contribution in [1.29, 1.82) is 0 Å². The first-order valence-corrected chi connectivity index (χ1v) is 7.92. The van der Waals surface area contributed by atoms with Crippen LogP contribution in [0.3, 0.4) is 0 Å². The zero-order valence-corrected chi connectivity index (χ0v) is 13.1. The first-order valence-electron chi connectivity index (χ1n) is 6.06. The van der Waals surface area contributed by atoms with E-state index in [-0.39, 0.29) is 10.6 Å². The molecule has 0 saturated heterocycles. The maximum Gasteiger partial charge on any atom is 0.265 e. The van der Waals surface area contributed by atoms with Gasteiger partial charge in [-0.25, -0.2) is 8.42 Å². The van der Waals surface area contributed by atoms with Crippen LogP contribution in [0.15, 0.2) is 41.3 Å². The summed E-state index contributed by atoms with van der Waals surface area (Å²) in [5, 5.41) is 0.436. The molecule has 21 heavy (non-hydrogen) atoms. The van der Waals surface area contributed by atoms with Gasteiger partial charge in [-0.1, -0.05) is 17.7 Å². The van der Waals surface area contributed by atoms with Gasteiger partial charge in [0.05, 0.1) is 12.8 Å². The van der Waals surface area contributed by atoms with Gasteiger partial charge in [-0.15, -0.1) is 0 Å². The van der Waals surface area contributed by atoms with Crippen molar-refractivity contribution >= 4 is 33.0 Å². The molecule has 7 heteroatoms. The van der Waals surface area contributed by atoms with Crippen molar-refractivity contribution in [2.75, 3.05) is 17.6 Å². The van der Waals surface area contributed by atoms with E-state index in [0.717, 1.165) is 5.56 Å². The highest BCUT2D eigenvalue weighted by molar-refractivity contribution is 7.92. The molecule has 2 aromatic rings. The Bertz CT molecular complexity index is 776. The second kappa shape index (κ2) is 5.83. The zero-order valence-electron chi connectivity index (χ0n) is 11.6. The van der Waals surface area contributed by atoms with Crippen molar-refractivity contribution in [3.8, 4) is 5.75 Å². The fourth-order valence-corrected chi connectivity index (χ4v) is 3.24. The third kappa shape index (κ3) is 3.40. The van der Waals surface area contributed by atoms with Gasteiger partial charge in [-0.3, -0.25) is 4.72 Å². The lowest BCUT2D eigenvalue weighted by Crippen LogP contribution is -2.14. The third-order valence-electron chi connectivity index (χ3n) is 2.92. The Labute approximate surface area is 128 Å². The van der Waals surface area contributed by atoms with Gasteiger partial charge in [0.15, 0.2) is 0 Å². The number of ether oxygens (including phenoxy) is 1. The van der Waals surface area contributed by atoms with Crippen molar-refractivity contribution in [3.63, 3.8) is 0 Å². The number of methoxy groups -OCH3 is 1. The molecule has 0 aliphatic rings. The molecule has 0 fully saturated rings. The molecule has 112 valence electrons. The molecule has 2 aromatic carbocycles. The number of rotatable bonds is 4. The molecule has 3 N–H and O–H groups in total. The van der Waals surface area contributed by atoms with E-state index < -0.39 is 10.0 Å². The van der Waals surface area contributed by atoms with Crippen LogP contribution in [0.1, 0.15) is 5.56 Å². The molecule has 0 atom stereocenters. The van der Waals surface area contributed by atoms with Crippen LogP contribution in [0.4, 0.5) is 11.4 Å². The minimum Gasteiger partial charge on any atom is -0.495 e. The van der Waals surface area contributed by atoms with E-state index in [2.05, 4.69) is 4.72 Å². The number of nitrogens with two attached hydrogens (primary N) is 1. The molecule has 0 amide bonds. The highest BCUT2D eigenvalue weighted by atomic mass is 35.5. The van der Waals surface area contributed by atoms with E-state index in [0.29, 0.717) is 16.4 Å². The lowest BCUT2D eigenvalue weighted by Gasteiger charge is -2.13. The molecule has 5 nitrogen and oxygen atoms in total. The maximum absolute atomic E-state index is 12.5. The second-order valence-electron chi connectivity index (χ2n) is 4.48. The molecule has 0 unspecified atom stereocenters. The summed E-state index contributed by atoms with van der Waals surface area (Å²) in [5.41, 5.74) is 7.28. The highest BCUT2D eigenvalue weighted by Gasteiger charge is 2.21. The van der Waals surface area contributed by atoms with Gasteiger partial charge in [0, 0.05) is 10.7 Å². The van der Waals surface area contributed by atoms with Crippen molar-refractivity contribution in [3.05, 3.63) is 47.0 Å². The number of hydrogen-bond donors (Lipinski definition) is 2. The fourth-order valence-electron chi connectivity index (χ4n) is 1.81. The summed E-state index contributed by atoms with van der Waals surface area (Å²) < 4.78 is 32.5. The fraction of sp³-hybridized carbons (Fsp3) is 0.143. The molecule has 0 saturated carbocycles. The number of nitrogen functional groups attached to an aromatic ring is 1. The molecule has 0 spiro atoms. The number of halogens is 1. The Morgan fingerprint density at radius 3 is 2.57 bits per heavy atom. The van der Waals surface area contributed by atoms with E-state index in [1.807, 2.05) is 0 Å². The lowest BCUT2D eigenvalue weighted by molar-refractivity contribution is 0.402. The van der Waals surface area contributed by atoms with Gasteiger partial charge in [-0.2, -0.15) is 0 Å². The van der Waals surface area contributed by atoms with Crippen molar-refractivity contribution < 1.29 is 13.2 Å². The summed E-state index contributed by atoms with van der Waals surface area (Å²) in [7, 11) is -2.42. The monoisotopic (exact) mass is 326 g/mol. The Morgan fingerprint density at radius 1 is 1.24 bits per heavy atom. The summed E-state index contributed by atoms with van der Waals surface area (Å²) >= 11 is 5.84. The molecular weight excluding hydrogens is 312 g/mol. The summed E-state index contributed by atoms with van der Waals surface area (Å²) in [6.45, 7) is 1.78. The van der Waals surface area contributed by atoms with E-state index >= 15 is 0 Å². The van der Waals surface area contributed by atoms with Crippen molar-refractivity contribution in [2.45, 2.75) is 11.8 Å². The minimum atomic E-state index is -3.83. The molecule has 2 rings (SSSR count). The zero-order chi connectivity index (χ0) is 15.6. The van der Waals surface area contributed by atoms with Gasteiger partial charge in [0.25, 0.3) is 10.0 Å². The van der Waals surface area contributed by atoms with Crippen LogP contribution in [0.25, 0.3) is 0 Å². The van der Waals surface area contributed by atoms with Gasteiger partial charge in [-0.05, 0) is 42.8 Å². The predicted octanol–water partition coefficient (Wildman–Crippen LogP) is 3.04. The molecule has 0 aliphatic carbocycles. The minimum absolute atomic E-state index is 0.0203. The highest BCUT2D eigenvalue weighted by Crippen LogP contribution is 2.30. The van der Waals surface area contributed by atoms with E-state index in [9.17, 15) is 8.42 Å². The predicted molar refractivity (Wildman–Crippen MR) is 84.4 cm³/mol. The van der Waals surface area contributed by atoms with Gasteiger partial charge >= 0.3 is 0 Å². The average Bonchev–Trinajstić information content (AvgIpc) is 2.40. The average molecular weight is 327 g/mol. The van der Waals surface area contributed by atoms with Crippen LogP contribution in [-0.4, -0.2) is 15.5 Å². The molecule has 0 heterocycles. The SMILES string of the molecule is COc1cc(C)c(N)cc1S(=O)(=O)Nc1cccc(Cl)c1. The Morgan fingerprint density at radius 2 is 1.95 bits per heavy atom. The van der Waals surface area contributed by atoms with Crippen molar-refractivity contribution in [1.82, 2.24) is 0 Å². The molecular formula is C14H15ClN2O3S. The molecule has 0 radical (unpaired) electrons. The number of nitrogens with one attached hydrogen (secondary N) is 1. The number of sulfonamides is 1.